The summed E-state index contributed by atoms with van der Waals surface area (Å²) in [7, 11) is -1.76. The Balaban J connectivity index is 1.82. The third-order valence-corrected chi connectivity index (χ3v) is 4.55. The molecule has 0 fully saturated rings. The normalized spacial score (nSPS) is 11.4. The van der Waals surface area contributed by atoms with E-state index in [2.05, 4.69) is 21.2 Å². The summed E-state index contributed by atoms with van der Waals surface area (Å²) in [6, 6.07) is 17.3. The molecule has 1 amide bonds. The van der Waals surface area contributed by atoms with Crippen molar-refractivity contribution in [1.82, 2.24) is 4.98 Å². The minimum absolute atomic E-state index is 0.234. The van der Waals surface area contributed by atoms with E-state index >= 15 is 0 Å². The average Bonchev–Trinajstić information content (AvgIpc) is 2.68. The Morgan fingerprint density at radius 2 is 1.65 bits per heavy atom. The monoisotopic (exact) mass is 379 g/mol. The molecule has 128 valence electrons. The van der Waals surface area contributed by atoms with Crippen molar-refractivity contribution in [3.63, 3.8) is 0 Å². The van der Waals surface area contributed by atoms with Crippen molar-refractivity contribution in [1.29, 1.82) is 0 Å². The van der Waals surface area contributed by atoms with E-state index in [1.807, 2.05) is 0 Å². The predicted molar refractivity (Wildman–Crippen MR) is 101 cm³/mol. The number of amides is 1. The molecule has 4 nitrogen and oxygen atoms in total. The van der Waals surface area contributed by atoms with Gasteiger partial charge in [0, 0.05) is 28.5 Å². The van der Waals surface area contributed by atoms with Gasteiger partial charge in [-0.1, -0.05) is 58.7 Å². The highest BCUT2D eigenvalue weighted by atomic mass is 35.5. The number of pyridine rings is 1. The first-order valence-corrected chi connectivity index (χ1v) is 9.06. The van der Waals surface area contributed by atoms with Gasteiger partial charge < -0.3 is 8.57 Å². The molecule has 0 radical (unpaired) electrons. The number of rotatable bonds is 2. The van der Waals surface area contributed by atoms with Crippen LogP contribution >= 0.6 is 11.6 Å². The quantitative estimate of drug-likeness (QED) is 0.487. The SMILES string of the molecule is O=C(N=[S-](=O)c1ccccc1)c1cncc(C#Cc2ccc(Cl)cc2)c1. The zero-order valence-electron chi connectivity index (χ0n) is 13.4. The molecular formula is C20H12ClN2O2S-. The van der Waals surface area contributed by atoms with E-state index in [0.717, 1.165) is 5.56 Å². The second kappa shape index (κ2) is 8.43. The molecule has 0 aliphatic rings. The van der Waals surface area contributed by atoms with Gasteiger partial charge in [0.2, 0.25) is 0 Å². The lowest BCUT2D eigenvalue weighted by molar-refractivity contribution is 0.100. The fourth-order valence-electron chi connectivity index (χ4n) is 2.02. The summed E-state index contributed by atoms with van der Waals surface area (Å²) in [5.41, 5.74) is 1.59. The second-order valence-corrected chi connectivity index (χ2v) is 6.77. The smallest absolute Gasteiger partial charge is 0.255 e. The molecule has 0 atom stereocenters. The number of carbonyl (C=O) groups is 1. The van der Waals surface area contributed by atoms with Crippen LogP contribution in [0.4, 0.5) is 0 Å². The highest BCUT2D eigenvalue weighted by Crippen LogP contribution is 2.10. The first-order valence-electron chi connectivity index (χ1n) is 7.57. The Morgan fingerprint density at radius 3 is 2.38 bits per heavy atom. The summed E-state index contributed by atoms with van der Waals surface area (Å²) < 4.78 is 15.8. The molecule has 1 heterocycles. The number of hydrogen-bond donors (Lipinski definition) is 0. The summed E-state index contributed by atoms with van der Waals surface area (Å²) in [4.78, 5) is 16.7. The second-order valence-electron chi connectivity index (χ2n) is 5.18. The van der Waals surface area contributed by atoms with Crippen molar-refractivity contribution in [2.45, 2.75) is 4.90 Å². The highest BCUT2D eigenvalue weighted by Gasteiger charge is 2.02. The fourth-order valence-corrected chi connectivity index (χ4v) is 2.90. The number of halogens is 1. The molecule has 26 heavy (non-hydrogen) atoms. The Bertz CT molecular complexity index is 1080. The number of benzene rings is 2. The van der Waals surface area contributed by atoms with Gasteiger partial charge in [-0.15, -0.1) is 0 Å². The maximum absolute atomic E-state index is 12.2. The topological polar surface area (TPSA) is 59.4 Å². The summed E-state index contributed by atoms with van der Waals surface area (Å²) in [6.45, 7) is 0. The van der Waals surface area contributed by atoms with Crippen molar-refractivity contribution in [2.24, 2.45) is 4.36 Å². The lowest BCUT2D eigenvalue weighted by Gasteiger charge is -2.04. The first-order chi connectivity index (χ1) is 12.6. The molecule has 3 rings (SSSR count). The molecule has 0 spiro atoms. The molecule has 0 aliphatic heterocycles. The minimum Gasteiger partial charge on any atom is -0.440 e. The summed E-state index contributed by atoms with van der Waals surface area (Å²) in [5, 5.41) is 0.637. The molecule has 3 aromatic rings. The average molecular weight is 380 g/mol. The maximum Gasteiger partial charge on any atom is 0.255 e. The molecule has 1 aromatic heterocycles. The Kier molecular flexibility index (Phi) is 5.80. The summed E-state index contributed by atoms with van der Waals surface area (Å²) in [6.07, 6.45) is 2.93. The van der Waals surface area contributed by atoms with Crippen molar-refractivity contribution in [3.05, 3.63) is 94.8 Å². The van der Waals surface area contributed by atoms with Gasteiger partial charge in [0.1, 0.15) is 0 Å². The van der Waals surface area contributed by atoms with Gasteiger partial charge in [-0.05, 0) is 30.3 Å². The molecule has 2 aromatic carbocycles. The fraction of sp³-hybridized carbons (Fsp3) is 0. The Labute approximate surface area is 158 Å². The largest absolute Gasteiger partial charge is 0.440 e. The molecular weight excluding hydrogens is 368 g/mol. The maximum atomic E-state index is 12.2. The van der Waals surface area contributed by atoms with E-state index in [4.69, 9.17) is 11.6 Å². The van der Waals surface area contributed by atoms with E-state index in [9.17, 15) is 9.00 Å². The van der Waals surface area contributed by atoms with Crippen LogP contribution in [0.5, 0.6) is 0 Å². The minimum atomic E-state index is -1.76. The molecule has 0 N–H and O–H groups in total. The van der Waals surface area contributed by atoms with E-state index in [0.29, 0.717) is 15.5 Å². The van der Waals surface area contributed by atoms with Crippen molar-refractivity contribution < 1.29 is 9.00 Å². The van der Waals surface area contributed by atoms with Crippen LogP contribution in [0.2, 0.25) is 5.02 Å². The molecule has 6 heteroatoms. The number of nitrogens with zero attached hydrogens (tertiary/aromatic N) is 2. The molecule has 0 unspecified atom stereocenters. The Morgan fingerprint density at radius 1 is 0.962 bits per heavy atom. The van der Waals surface area contributed by atoms with Gasteiger partial charge in [0.05, 0.1) is 5.56 Å². The zero-order valence-corrected chi connectivity index (χ0v) is 15.0. The third kappa shape index (κ3) is 4.79. The highest BCUT2D eigenvalue weighted by molar-refractivity contribution is 7.75. The van der Waals surface area contributed by atoms with Crippen molar-refractivity contribution in [2.75, 3.05) is 0 Å². The van der Waals surface area contributed by atoms with Crippen LogP contribution in [0.15, 0.2) is 82.3 Å². The molecule has 0 saturated carbocycles. The molecule has 0 bridgehead atoms. The Hall–Kier alpha value is -2.94. The van der Waals surface area contributed by atoms with Crippen LogP contribution < -0.4 is 0 Å². The van der Waals surface area contributed by atoms with E-state index in [1.54, 1.807) is 66.9 Å². The van der Waals surface area contributed by atoms with Crippen molar-refractivity contribution in [3.8, 4) is 11.8 Å². The van der Waals surface area contributed by atoms with Crippen molar-refractivity contribution >= 4 is 28.1 Å². The van der Waals surface area contributed by atoms with Crippen LogP contribution in [0.3, 0.4) is 0 Å². The first kappa shape index (κ1) is 17.9. The van der Waals surface area contributed by atoms with Gasteiger partial charge in [0.25, 0.3) is 5.91 Å². The number of hydrogen-bond acceptors (Lipinski definition) is 4. The van der Waals surface area contributed by atoms with Crippen LogP contribution in [0, 0.1) is 11.8 Å². The predicted octanol–water partition coefficient (Wildman–Crippen LogP) is 4.48. The van der Waals surface area contributed by atoms with E-state index in [1.165, 1.54) is 6.20 Å². The van der Waals surface area contributed by atoms with Gasteiger partial charge in [-0.3, -0.25) is 9.78 Å². The lowest BCUT2D eigenvalue weighted by atomic mass is 10.2. The van der Waals surface area contributed by atoms with Gasteiger partial charge in [-0.25, -0.2) is 0 Å². The summed E-state index contributed by atoms with van der Waals surface area (Å²) in [5.74, 6) is 5.30. The van der Waals surface area contributed by atoms with E-state index < -0.39 is 16.5 Å². The van der Waals surface area contributed by atoms with E-state index in [-0.39, 0.29) is 5.56 Å². The molecule has 0 saturated heterocycles. The standard InChI is InChI=1S/C20H12ClN2O2S/c21-18-10-8-15(9-11-18)6-7-16-12-17(14-22-13-16)20(24)23-26(25)19-4-2-1-3-5-19/h1-5,8-14H/q-1. The van der Waals surface area contributed by atoms with Gasteiger partial charge in [-0.2, -0.15) is 10.6 Å². The van der Waals surface area contributed by atoms with Crippen LogP contribution in [-0.4, -0.2) is 10.9 Å². The van der Waals surface area contributed by atoms with Crippen LogP contribution in [0.1, 0.15) is 21.5 Å². The number of aromatic nitrogens is 1. The molecule has 0 aliphatic carbocycles. The third-order valence-electron chi connectivity index (χ3n) is 3.29. The lowest BCUT2D eigenvalue weighted by Crippen LogP contribution is -1.97. The van der Waals surface area contributed by atoms with Crippen LogP contribution in [-0.2, 0) is 14.8 Å². The zero-order chi connectivity index (χ0) is 18.4. The number of carbonyl (C=O) groups excluding carboxylic acids is 1. The van der Waals surface area contributed by atoms with Gasteiger partial charge >= 0.3 is 0 Å². The van der Waals surface area contributed by atoms with Crippen LogP contribution in [0.25, 0.3) is 0 Å². The summed E-state index contributed by atoms with van der Waals surface area (Å²) >= 11 is 5.84. The van der Waals surface area contributed by atoms with Gasteiger partial charge in [0.15, 0.2) is 0 Å².